The molecule has 1 aliphatic rings. The van der Waals surface area contributed by atoms with Crippen molar-refractivity contribution < 1.29 is 0 Å². The van der Waals surface area contributed by atoms with Crippen LogP contribution in [0.1, 0.15) is 25.3 Å². The van der Waals surface area contributed by atoms with E-state index in [1.54, 1.807) is 0 Å². The highest BCUT2D eigenvalue weighted by Gasteiger charge is 2.20. The van der Waals surface area contributed by atoms with Crippen molar-refractivity contribution in [3.05, 3.63) is 53.4 Å². The minimum Gasteiger partial charge on any atom is -0.363 e. The van der Waals surface area contributed by atoms with Crippen LogP contribution in [0.2, 0.25) is 0 Å². The zero-order valence-electron chi connectivity index (χ0n) is 17.1. The Labute approximate surface area is 173 Å². The van der Waals surface area contributed by atoms with Crippen LogP contribution < -0.4 is 15.5 Å². The number of piperidine rings is 1. The molecule has 2 heterocycles. The first kappa shape index (κ1) is 20.7. The van der Waals surface area contributed by atoms with Crippen LogP contribution >= 0.6 is 11.3 Å². The van der Waals surface area contributed by atoms with Crippen molar-refractivity contribution in [1.82, 2.24) is 15.5 Å². The Morgan fingerprint density at radius 3 is 2.64 bits per heavy atom. The van der Waals surface area contributed by atoms with E-state index in [-0.39, 0.29) is 0 Å². The smallest absolute Gasteiger partial charge is 0.191 e. The van der Waals surface area contributed by atoms with E-state index in [4.69, 9.17) is 4.99 Å². The summed E-state index contributed by atoms with van der Waals surface area (Å²) in [6, 6.07) is 15.5. The summed E-state index contributed by atoms with van der Waals surface area (Å²) in [6.07, 6.45) is 2.30. The minimum atomic E-state index is 0.496. The second kappa shape index (κ2) is 11.1. The van der Waals surface area contributed by atoms with Crippen LogP contribution in [0.3, 0.4) is 0 Å². The fourth-order valence-corrected chi connectivity index (χ4v) is 4.30. The average molecular weight is 400 g/mol. The van der Waals surface area contributed by atoms with Gasteiger partial charge in [-0.2, -0.15) is 0 Å². The summed E-state index contributed by atoms with van der Waals surface area (Å²) in [5, 5.41) is 10.6. The molecule has 3 rings (SSSR count). The lowest BCUT2D eigenvalue weighted by Gasteiger charge is -2.33. The van der Waals surface area contributed by atoms with Gasteiger partial charge in [-0.05, 0) is 49.9 Å². The van der Waals surface area contributed by atoms with Crippen molar-refractivity contribution in [3.8, 4) is 0 Å². The maximum absolute atomic E-state index is 4.80. The van der Waals surface area contributed by atoms with Gasteiger partial charge in [0.25, 0.3) is 0 Å². The molecule has 0 atom stereocenters. The highest BCUT2D eigenvalue weighted by atomic mass is 32.1. The number of likely N-dealkylation sites (N-methyl/N-ethyl adjacent to an activating group) is 1. The molecule has 0 spiro atoms. The number of rotatable bonds is 8. The van der Waals surface area contributed by atoms with Crippen molar-refractivity contribution in [2.45, 2.75) is 32.4 Å². The van der Waals surface area contributed by atoms with E-state index in [0.29, 0.717) is 6.04 Å². The van der Waals surface area contributed by atoms with E-state index in [0.717, 1.165) is 58.1 Å². The first-order chi connectivity index (χ1) is 13.7. The van der Waals surface area contributed by atoms with Gasteiger partial charge in [-0.1, -0.05) is 30.3 Å². The van der Waals surface area contributed by atoms with Crippen molar-refractivity contribution in [1.29, 1.82) is 0 Å². The van der Waals surface area contributed by atoms with Crippen LogP contribution in [0.4, 0.5) is 5.00 Å². The molecule has 1 fully saturated rings. The van der Waals surface area contributed by atoms with Gasteiger partial charge in [0.2, 0.25) is 0 Å². The number of thiophene rings is 1. The summed E-state index contributed by atoms with van der Waals surface area (Å²) in [6.45, 7) is 7.93. The highest BCUT2D eigenvalue weighted by Crippen LogP contribution is 2.24. The minimum absolute atomic E-state index is 0.496. The average Bonchev–Trinajstić information content (AvgIpc) is 3.24. The predicted molar refractivity (Wildman–Crippen MR) is 121 cm³/mol. The molecule has 152 valence electrons. The molecule has 1 aliphatic heterocycles. The van der Waals surface area contributed by atoms with Gasteiger partial charge in [-0.25, -0.2) is 0 Å². The van der Waals surface area contributed by atoms with Crippen molar-refractivity contribution in [2.75, 3.05) is 44.7 Å². The van der Waals surface area contributed by atoms with Gasteiger partial charge in [-0.15, -0.1) is 11.3 Å². The lowest BCUT2D eigenvalue weighted by molar-refractivity contribution is 0.336. The Morgan fingerprint density at radius 1 is 1.18 bits per heavy atom. The first-order valence-corrected chi connectivity index (χ1v) is 11.2. The van der Waals surface area contributed by atoms with Crippen molar-refractivity contribution in [2.24, 2.45) is 4.99 Å². The normalized spacial score (nSPS) is 15.8. The molecule has 1 saturated heterocycles. The zero-order chi connectivity index (χ0) is 19.6. The van der Waals surface area contributed by atoms with Gasteiger partial charge >= 0.3 is 0 Å². The molecule has 1 aromatic carbocycles. The second-order valence-electron chi connectivity index (χ2n) is 7.34. The number of nitrogens with one attached hydrogen (secondary N) is 2. The number of aliphatic imine (C=N–C) groups is 1. The van der Waals surface area contributed by atoms with E-state index in [2.05, 4.69) is 82.2 Å². The summed E-state index contributed by atoms with van der Waals surface area (Å²) in [4.78, 5) is 9.61. The number of benzene rings is 1. The topological polar surface area (TPSA) is 42.9 Å². The Balaban J connectivity index is 1.42. The molecule has 5 nitrogen and oxygen atoms in total. The standard InChI is InChI=1S/C22H33N5S/c1-3-23-22(24-13-16-26(2)18-19-8-5-4-6-9-19)25-20-11-14-27(15-12-20)21-10-7-17-28-21/h4-10,17,20H,3,11-16,18H2,1-2H3,(H2,23,24,25). The third-order valence-corrected chi connectivity index (χ3v) is 5.97. The number of guanidine groups is 1. The number of hydrogen-bond donors (Lipinski definition) is 2. The molecule has 28 heavy (non-hydrogen) atoms. The Bertz CT molecular complexity index is 693. The van der Waals surface area contributed by atoms with Crippen LogP contribution in [0.5, 0.6) is 0 Å². The van der Waals surface area contributed by atoms with Gasteiger partial charge in [0, 0.05) is 38.8 Å². The van der Waals surface area contributed by atoms with Gasteiger partial charge in [0.05, 0.1) is 11.5 Å². The maximum Gasteiger partial charge on any atom is 0.191 e. The molecule has 1 aromatic heterocycles. The molecule has 0 aliphatic carbocycles. The molecule has 0 saturated carbocycles. The molecule has 0 radical (unpaired) electrons. The number of nitrogens with zero attached hydrogens (tertiary/aromatic N) is 3. The summed E-state index contributed by atoms with van der Waals surface area (Å²) in [5.74, 6) is 0.949. The Morgan fingerprint density at radius 2 is 1.96 bits per heavy atom. The SMILES string of the molecule is CCNC(=NCCN(C)Cc1ccccc1)NC1CCN(c2cccs2)CC1. The van der Waals surface area contributed by atoms with E-state index in [1.165, 1.54) is 10.6 Å². The monoisotopic (exact) mass is 399 g/mol. The van der Waals surface area contributed by atoms with Crippen LogP contribution in [0.25, 0.3) is 0 Å². The van der Waals surface area contributed by atoms with E-state index < -0.39 is 0 Å². The fraction of sp³-hybridized carbons (Fsp3) is 0.500. The molecule has 0 amide bonds. The van der Waals surface area contributed by atoms with E-state index in [1.807, 2.05) is 11.3 Å². The number of hydrogen-bond acceptors (Lipinski definition) is 4. The summed E-state index contributed by atoms with van der Waals surface area (Å²) in [5.41, 5.74) is 1.34. The van der Waals surface area contributed by atoms with Crippen LogP contribution in [0, 0.1) is 0 Å². The molecule has 0 unspecified atom stereocenters. The van der Waals surface area contributed by atoms with Crippen LogP contribution in [-0.4, -0.2) is 56.7 Å². The second-order valence-corrected chi connectivity index (χ2v) is 8.27. The maximum atomic E-state index is 4.80. The van der Waals surface area contributed by atoms with E-state index in [9.17, 15) is 0 Å². The summed E-state index contributed by atoms with van der Waals surface area (Å²) < 4.78 is 0. The summed E-state index contributed by atoms with van der Waals surface area (Å²) >= 11 is 1.83. The van der Waals surface area contributed by atoms with E-state index >= 15 is 0 Å². The lowest BCUT2D eigenvalue weighted by atomic mass is 10.1. The fourth-order valence-electron chi connectivity index (χ4n) is 3.51. The highest BCUT2D eigenvalue weighted by molar-refractivity contribution is 7.14. The third-order valence-electron chi connectivity index (χ3n) is 5.04. The van der Waals surface area contributed by atoms with Gasteiger partial charge < -0.3 is 20.4 Å². The predicted octanol–water partition coefficient (Wildman–Crippen LogP) is 3.40. The molecule has 2 aromatic rings. The molecule has 6 heteroatoms. The molecule has 0 bridgehead atoms. The van der Waals surface area contributed by atoms with Gasteiger partial charge in [0.1, 0.15) is 0 Å². The molecular weight excluding hydrogens is 366 g/mol. The van der Waals surface area contributed by atoms with Gasteiger partial charge in [-0.3, -0.25) is 4.99 Å². The quantitative estimate of drug-likeness (QED) is 0.527. The number of anilines is 1. The first-order valence-electron chi connectivity index (χ1n) is 10.3. The lowest BCUT2D eigenvalue weighted by Crippen LogP contribution is -2.48. The van der Waals surface area contributed by atoms with Crippen LogP contribution in [-0.2, 0) is 6.54 Å². The van der Waals surface area contributed by atoms with Crippen molar-refractivity contribution in [3.63, 3.8) is 0 Å². The third kappa shape index (κ3) is 6.53. The largest absolute Gasteiger partial charge is 0.363 e. The Hall–Kier alpha value is -2.05. The van der Waals surface area contributed by atoms with Crippen LogP contribution in [0.15, 0.2) is 52.8 Å². The van der Waals surface area contributed by atoms with Crippen molar-refractivity contribution >= 4 is 22.3 Å². The Kier molecular flexibility index (Phi) is 8.18. The van der Waals surface area contributed by atoms with Gasteiger partial charge in [0.15, 0.2) is 5.96 Å². The molecule has 2 N–H and O–H groups in total. The zero-order valence-corrected chi connectivity index (χ0v) is 17.9. The molecular formula is C22H33N5S. The summed E-state index contributed by atoms with van der Waals surface area (Å²) in [7, 11) is 2.16.